The molecule has 0 aromatic heterocycles. The van der Waals surface area contributed by atoms with Crippen LogP contribution in [0.25, 0.3) is 0 Å². The number of nitrogens with one attached hydrogen (secondary N) is 1. The zero-order valence-electron chi connectivity index (χ0n) is 10.3. The first-order chi connectivity index (χ1) is 8.06. The molecular weight excluding hydrogens is 258 g/mol. The van der Waals surface area contributed by atoms with E-state index < -0.39 is 10.7 Å². The molecule has 4 nitrogen and oxygen atoms in total. The lowest BCUT2D eigenvalue weighted by Gasteiger charge is -2.40. The van der Waals surface area contributed by atoms with E-state index in [4.69, 9.17) is 11.6 Å². The van der Waals surface area contributed by atoms with Crippen LogP contribution in [0.2, 0.25) is 0 Å². The Balaban J connectivity index is 2.00. The van der Waals surface area contributed by atoms with E-state index in [-0.39, 0.29) is 0 Å². The Hall–Kier alpha value is -0.0700. The number of halogens is 1. The van der Waals surface area contributed by atoms with E-state index in [2.05, 4.69) is 20.1 Å². The van der Waals surface area contributed by atoms with Crippen LogP contribution in [-0.2, 0) is 0 Å². The van der Waals surface area contributed by atoms with Gasteiger partial charge in [0.25, 0.3) is 0 Å². The normalized spacial score (nSPS) is 38.5. The number of aliphatic imine (C=N–C) groups is 1. The molecule has 0 bridgehead atoms. The van der Waals surface area contributed by atoms with Crippen LogP contribution in [0.5, 0.6) is 0 Å². The third-order valence-electron chi connectivity index (χ3n) is 3.51. The van der Waals surface area contributed by atoms with Crippen LogP contribution in [0, 0.1) is 0 Å². The van der Waals surface area contributed by atoms with Gasteiger partial charge in [-0.2, -0.15) is 0 Å². The fraction of sp³-hybridized carbons (Fsp3) is 0.727. The molecule has 1 saturated heterocycles. The minimum atomic E-state index is -1.81. The van der Waals surface area contributed by atoms with Crippen LogP contribution in [0.1, 0.15) is 19.3 Å². The molecule has 98 valence electrons. The van der Waals surface area contributed by atoms with E-state index >= 15 is 0 Å². The Kier molecular flexibility index (Phi) is 4.15. The van der Waals surface area contributed by atoms with Crippen molar-refractivity contribution in [3.8, 4) is 0 Å². The monoisotopic (exact) mass is 277 g/mol. The summed E-state index contributed by atoms with van der Waals surface area (Å²) in [5.74, 6) is 0. The van der Waals surface area contributed by atoms with E-state index in [9.17, 15) is 4.55 Å². The molecule has 2 N–H and O–H groups in total. The lowest BCUT2D eigenvalue weighted by molar-refractivity contribution is 0.504. The molecule has 2 unspecified atom stereocenters. The van der Waals surface area contributed by atoms with E-state index in [1.54, 1.807) is 0 Å². The van der Waals surface area contributed by atoms with Gasteiger partial charge in [-0.05, 0) is 37.6 Å². The van der Waals surface area contributed by atoms with Crippen molar-refractivity contribution in [2.75, 3.05) is 27.2 Å². The van der Waals surface area contributed by atoms with Gasteiger partial charge >= 0.3 is 0 Å². The highest BCUT2D eigenvalue weighted by Crippen LogP contribution is 2.54. The van der Waals surface area contributed by atoms with E-state index in [1.807, 2.05) is 14.1 Å². The summed E-state index contributed by atoms with van der Waals surface area (Å²) in [6.07, 6.45) is 4.86. The fourth-order valence-electron chi connectivity index (χ4n) is 2.41. The summed E-state index contributed by atoms with van der Waals surface area (Å²) < 4.78 is 15.8. The van der Waals surface area contributed by atoms with Crippen LogP contribution in [0.4, 0.5) is 0 Å². The topological polar surface area (TPSA) is 47.9 Å². The van der Waals surface area contributed by atoms with Gasteiger partial charge in [-0.1, -0.05) is 23.3 Å². The van der Waals surface area contributed by atoms with E-state index in [0.717, 1.165) is 25.8 Å². The second-order valence-electron chi connectivity index (χ2n) is 4.52. The van der Waals surface area contributed by atoms with Crippen LogP contribution in [0.15, 0.2) is 16.6 Å². The third kappa shape index (κ3) is 2.69. The molecule has 0 amide bonds. The smallest absolute Gasteiger partial charge is 0.104 e. The standard InChI is InChI=1S/C11H20ClN3OS/c1-13-17(16)10(5-6-15(17)2)7-9-3-4-11(12)14-8-9/h3,10,13,16H,4-8H2,1-2H3. The molecule has 0 spiro atoms. The van der Waals surface area contributed by atoms with E-state index in [1.165, 1.54) is 5.57 Å². The third-order valence-corrected chi connectivity index (χ3v) is 6.85. The van der Waals surface area contributed by atoms with Gasteiger partial charge in [0, 0.05) is 18.2 Å². The Morgan fingerprint density at radius 1 is 1.71 bits per heavy atom. The Labute approximate surface area is 110 Å². The zero-order chi connectivity index (χ0) is 12.5. The predicted molar refractivity (Wildman–Crippen MR) is 75.8 cm³/mol. The number of hydrogen-bond acceptors (Lipinski definition) is 4. The predicted octanol–water partition coefficient (Wildman–Crippen LogP) is 2.38. The molecule has 0 saturated carbocycles. The summed E-state index contributed by atoms with van der Waals surface area (Å²) in [5, 5.41) is 0.990. The van der Waals surface area contributed by atoms with Crippen molar-refractivity contribution >= 4 is 27.5 Å². The second kappa shape index (κ2) is 5.28. The quantitative estimate of drug-likeness (QED) is 0.779. The van der Waals surface area contributed by atoms with Gasteiger partial charge in [0.1, 0.15) is 5.17 Å². The highest BCUT2D eigenvalue weighted by atomic mass is 35.5. The molecule has 1 fully saturated rings. The summed E-state index contributed by atoms with van der Waals surface area (Å²) in [6.45, 7) is 1.65. The summed E-state index contributed by atoms with van der Waals surface area (Å²) in [7, 11) is 2.01. The molecule has 2 aliphatic heterocycles. The second-order valence-corrected chi connectivity index (χ2v) is 7.84. The van der Waals surface area contributed by atoms with Gasteiger partial charge in [0.05, 0.1) is 6.54 Å². The van der Waals surface area contributed by atoms with Crippen LogP contribution >= 0.6 is 22.3 Å². The van der Waals surface area contributed by atoms with Gasteiger partial charge < -0.3 is 4.55 Å². The highest BCUT2D eigenvalue weighted by Gasteiger charge is 2.40. The minimum absolute atomic E-state index is 0.302. The van der Waals surface area contributed by atoms with Crippen molar-refractivity contribution in [3.63, 3.8) is 0 Å². The first kappa shape index (κ1) is 13.4. The number of allylic oxidation sites excluding steroid dienone is 1. The molecule has 17 heavy (non-hydrogen) atoms. The molecule has 2 atom stereocenters. The zero-order valence-corrected chi connectivity index (χ0v) is 11.9. The van der Waals surface area contributed by atoms with Gasteiger partial charge in [0.2, 0.25) is 0 Å². The summed E-state index contributed by atoms with van der Waals surface area (Å²) >= 11 is 5.85. The number of rotatable bonds is 3. The minimum Gasteiger partial charge on any atom is -0.325 e. The van der Waals surface area contributed by atoms with Gasteiger partial charge in [0.15, 0.2) is 0 Å². The lowest BCUT2D eigenvalue weighted by Crippen LogP contribution is -2.32. The molecule has 2 heterocycles. The first-order valence-electron chi connectivity index (χ1n) is 5.87. The maximum Gasteiger partial charge on any atom is 0.104 e. The molecule has 0 aromatic carbocycles. The van der Waals surface area contributed by atoms with Crippen molar-refractivity contribution in [2.45, 2.75) is 24.5 Å². The summed E-state index contributed by atoms with van der Waals surface area (Å²) in [6, 6.07) is 0. The Bertz CT molecular complexity index is 361. The van der Waals surface area contributed by atoms with Crippen molar-refractivity contribution in [2.24, 2.45) is 4.99 Å². The summed E-state index contributed by atoms with van der Waals surface area (Å²) in [4.78, 5) is 4.25. The number of hydrogen-bond donors (Lipinski definition) is 2. The fourth-order valence-corrected chi connectivity index (χ4v) is 4.97. The first-order valence-corrected chi connectivity index (χ1v) is 7.86. The van der Waals surface area contributed by atoms with Crippen LogP contribution < -0.4 is 4.72 Å². The summed E-state index contributed by atoms with van der Waals surface area (Å²) in [5.41, 5.74) is 1.30. The SMILES string of the molecule is CNS1(O)C(CC2=CCC(Cl)=NC2)CCN1C. The van der Waals surface area contributed by atoms with Crippen molar-refractivity contribution in [1.82, 2.24) is 9.03 Å². The number of nitrogens with zero attached hydrogens (tertiary/aromatic N) is 2. The molecule has 2 aliphatic rings. The molecule has 6 heteroatoms. The Morgan fingerprint density at radius 2 is 2.47 bits per heavy atom. The van der Waals surface area contributed by atoms with Crippen molar-refractivity contribution in [3.05, 3.63) is 11.6 Å². The number of dihydropyridines is 1. The van der Waals surface area contributed by atoms with Crippen LogP contribution in [0.3, 0.4) is 0 Å². The largest absolute Gasteiger partial charge is 0.325 e. The molecular formula is C11H20ClN3OS. The van der Waals surface area contributed by atoms with Gasteiger partial charge in [-0.25, -0.2) is 4.31 Å². The average molecular weight is 278 g/mol. The Morgan fingerprint density at radius 3 is 3.06 bits per heavy atom. The molecule has 0 aliphatic carbocycles. The van der Waals surface area contributed by atoms with Crippen molar-refractivity contribution in [1.29, 1.82) is 0 Å². The average Bonchev–Trinajstić information content (AvgIpc) is 2.61. The van der Waals surface area contributed by atoms with Crippen LogP contribution in [-0.4, -0.2) is 46.5 Å². The van der Waals surface area contributed by atoms with E-state index in [0.29, 0.717) is 17.0 Å². The molecule has 0 aromatic rings. The maximum atomic E-state index is 10.6. The molecule has 0 radical (unpaired) electrons. The maximum absolute atomic E-state index is 10.6. The highest BCUT2D eigenvalue weighted by molar-refractivity contribution is 8.26. The lowest BCUT2D eigenvalue weighted by atomic mass is 10.1. The van der Waals surface area contributed by atoms with Gasteiger partial charge in [-0.3, -0.25) is 9.71 Å². The molecule has 2 rings (SSSR count). The van der Waals surface area contributed by atoms with Crippen molar-refractivity contribution < 1.29 is 4.55 Å². The van der Waals surface area contributed by atoms with Gasteiger partial charge in [-0.15, -0.1) is 0 Å².